The summed E-state index contributed by atoms with van der Waals surface area (Å²) in [5.41, 5.74) is -0.260. The van der Waals surface area contributed by atoms with Crippen LogP contribution in [0.5, 0.6) is 0 Å². The number of aliphatic hydroxyl groups is 1. The summed E-state index contributed by atoms with van der Waals surface area (Å²) in [6, 6.07) is 1.21. The molecule has 0 aliphatic carbocycles. The van der Waals surface area contributed by atoms with Gasteiger partial charge in [0.05, 0.1) is 6.61 Å². The molecule has 0 atom stereocenters. The summed E-state index contributed by atoms with van der Waals surface area (Å²) in [5, 5.41) is 8.71. The number of hydrogen-bond acceptors (Lipinski definition) is 2. The second kappa shape index (κ2) is 4.47. The molecule has 13 heavy (non-hydrogen) atoms. The molecule has 0 spiro atoms. The van der Waals surface area contributed by atoms with E-state index in [2.05, 4.69) is 4.98 Å². The van der Waals surface area contributed by atoms with Gasteiger partial charge in [-0.25, -0.2) is 13.8 Å². The summed E-state index contributed by atoms with van der Waals surface area (Å²) >= 11 is 7.36. The Labute approximate surface area is 92.1 Å². The van der Waals surface area contributed by atoms with Crippen LogP contribution in [0.3, 0.4) is 0 Å². The number of rotatable bonds is 2. The molecule has 0 fully saturated rings. The third-order valence-corrected chi connectivity index (χ3v) is 2.34. The molecule has 0 radical (unpaired) electrons. The predicted molar refractivity (Wildman–Crippen MR) is 52.8 cm³/mol. The van der Waals surface area contributed by atoms with E-state index in [1.165, 1.54) is 6.07 Å². The van der Waals surface area contributed by atoms with Gasteiger partial charge in [0.25, 0.3) is 6.43 Å². The van der Waals surface area contributed by atoms with Gasteiger partial charge in [0.15, 0.2) is 0 Å². The van der Waals surface area contributed by atoms with Crippen molar-refractivity contribution < 1.29 is 13.9 Å². The highest BCUT2D eigenvalue weighted by Crippen LogP contribution is 2.28. The Balaban J connectivity index is 3.29. The first-order valence-electron chi connectivity index (χ1n) is 3.30. The van der Waals surface area contributed by atoms with Crippen LogP contribution in [0.15, 0.2) is 6.07 Å². The maximum atomic E-state index is 12.4. The Morgan fingerprint density at radius 2 is 2.23 bits per heavy atom. The summed E-state index contributed by atoms with van der Waals surface area (Å²) in [4.78, 5) is 3.75. The molecule has 1 aromatic heterocycles. The molecule has 0 aromatic carbocycles. The van der Waals surface area contributed by atoms with Crippen LogP contribution in [0.25, 0.3) is 0 Å². The van der Waals surface area contributed by atoms with E-state index in [4.69, 9.17) is 16.7 Å². The minimum absolute atomic E-state index is 0.00270. The van der Waals surface area contributed by atoms with Gasteiger partial charge in [-0.15, -0.1) is 0 Å². The van der Waals surface area contributed by atoms with Gasteiger partial charge in [-0.2, -0.15) is 0 Å². The smallest absolute Gasteiger partial charge is 0.264 e. The molecule has 0 amide bonds. The van der Waals surface area contributed by atoms with E-state index in [1.54, 1.807) is 22.6 Å². The van der Waals surface area contributed by atoms with E-state index in [-0.39, 0.29) is 16.3 Å². The lowest BCUT2D eigenvalue weighted by atomic mass is 10.1. The van der Waals surface area contributed by atoms with Crippen molar-refractivity contribution in [2.45, 2.75) is 13.0 Å². The van der Waals surface area contributed by atoms with Crippen molar-refractivity contribution in [3.05, 3.63) is 26.0 Å². The number of aliphatic hydroxyl groups excluding tert-OH is 1. The molecule has 0 saturated carbocycles. The van der Waals surface area contributed by atoms with E-state index in [9.17, 15) is 8.78 Å². The maximum Gasteiger partial charge on any atom is 0.264 e. The molecular weight excluding hydrogens is 314 g/mol. The Morgan fingerprint density at radius 1 is 1.62 bits per heavy atom. The third kappa shape index (κ3) is 2.47. The van der Waals surface area contributed by atoms with E-state index in [0.717, 1.165) is 0 Å². The average molecular weight is 319 g/mol. The van der Waals surface area contributed by atoms with E-state index < -0.39 is 13.0 Å². The molecule has 0 bridgehead atoms. The fraction of sp³-hybridized carbons (Fsp3) is 0.286. The third-order valence-electron chi connectivity index (χ3n) is 1.47. The Morgan fingerprint density at radius 3 is 2.69 bits per heavy atom. The molecule has 1 heterocycles. The van der Waals surface area contributed by atoms with Gasteiger partial charge in [-0.3, -0.25) is 0 Å². The first kappa shape index (κ1) is 11.1. The van der Waals surface area contributed by atoms with Crippen LogP contribution in [0, 0.1) is 3.70 Å². The van der Waals surface area contributed by atoms with Crippen LogP contribution in [0.4, 0.5) is 8.78 Å². The lowest BCUT2D eigenvalue weighted by Gasteiger charge is -2.07. The molecule has 6 heteroatoms. The zero-order chi connectivity index (χ0) is 10.0. The number of pyridine rings is 1. The van der Waals surface area contributed by atoms with Crippen LogP contribution in [0.1, 0.15) is 17.6 Å². The van der Waals surface area contributed by atoms with Crippen molar-refractivity contribution in [1.29, 1.82) is 0 Å². The van der Waals surface area contributed by atoms with E-state index >= 15 is 0 Å². The molecule has 0 aliphatic rings. The predicted octanol–water partition coefficient (Wildman–Crippen LogP) is 2.77. The summed E-state index contributed by atoms with van der Waals surface area (Å²) in [5.74, 6) is 0. The normalized spacial score (nSPS) is 10.9. The van der Waals surface area contributed by atoms with E-state index in [1.807, 2.05) is 0 Å². The van der Waals surface area contributed by atoms with Crippen molar-refractivity contribution >= 4 is 34.2 Å². The Bertz CT molecular complexity index is 322. The Hall–Kier alpha value is -0.0100. The fourth-order valence-electron chi connectivity index (χ4n) is 0.879. The summed E-state index contributed by atoms with van der Waals surface area (Å²) in [6.07, 6.45) is -2.64. The van der Waals surface area contributed by atoms with Crippen molar-refractivity contribution in [1.82, 2.24) is 4.98 Å². The maximum absolute atomic E-state index is 12.4. The summed E-state index contributed by atoms with van der Waals surface area (Å²) < 4.78 is 25.1. The number of alkyl halides is 2. The monoisotopic (exact) mass is 319 g/mol. The zero-order valence-electron chi connectivity index (χ0n) is 6.27. The van der Waals surface area contributed by atoms with Crippen molar-refractivity contribution in [2.75, 3.05) is 0 Å². The van der Waals surface area contributed by atoms with E-state index in [0.29, 0.717) is 3.70 Å². The first-order valence-corrected chi connectivity index (χ1v) is 4.75. The lowest BCUT2D eigenvalue weighted by molar-refractivity contribution is 0.147. The zero-order valence-corrected chi connectivity index (χ0v) is 9.18. The number of hydrogen-bond donors (Lipinski definition) is 1. The van der Waals surface area contributed by atoms with Crippen molar-refractivity contribution in [2.24, 2.45) is 0 Å². The lowest BCUT2D eigenvalue weighted by Crippen LogP contribution is -1.99. The highest BCUT2D eigenvalue weighted by Gasteiger charge is 2.16. The fourth-order valence-corrected chi connectivity index (χ4v) is 1.86. The Kier molecular flexibility index (Phi) is 3.81. The van der Waals surface area contributed by atoms with Crippen molar-refractivity contribution in [3.63, 3.8) is 0 Å². The SMILES string of the molecule is OCc1c(C(F)F)cc(I)nc1Cl. The van der Waals surface area contributed by atoms with Crippen LogP contribution < -0.4 is 0 Å². The highest BCUT2D eigenvalue weighted by molar-refractivity contribution is 14.1. The molecule has 1 aromatic rings. The van der Waals surface area contributed by atoms with Gasteiger partial charge < -0.3 is 5.11 Å². The minimum atomic E-state index is -2.64. The number of halogens is 4. The van der Waals surface area contributed by atoms with Gasteiger partial charge in [0.2, 0.25) is 0 Å². The quantitative estimate of drug-likeness (QED) is 0.672. The average Bonchev–Trinajstić information content (AvgIpc) is 2.02. The highest BCUT2D eigenvalue weighted by atomic mass is 127. The molecule has 0 saturated heterocycles. The van der Waals surface area contributed by atoms with Crippen LogP contribution in [0.2, 0.25) is 5.15 Å². The van der Waals surface area contributed by atoms with Gasteiger partial charge in [0.1, 0.15) is 8.85 Å². The summed E-state index contributed by atoms with van der Waals surface area (Å²) in [7, 11) is 0. The number of aromatic nitrogens is 1. The summed E-state index contributed by atoms with van der Waals surface area (Å²) in [6.45, 7) is -0.525. The molecule has 0 aliphatic heterocycles. The molecule has 72 valence electrons. The molecule has 0 unspecified atom stereocenters. The van der Waals surface area contributed by atoms with Crippen LogP contribution >= 0.6 is 34.2 Å². The first-order chi connectivity index (χ1) is 6.06. The van der Waals surface area contributed by atoms with Gasteiger partial charge in [-0.05, 0) is 28.7 Å². The molecular formula is C7H5ClF2INO. The van der Waals surface area contributed by atoms with Crippen molar-refractivity contribution in [3.8, 4) is 0 Å². The van der Waals surface area contributed by atoms with Gasteiger partial charge in [0, 0.05) is 11.1 Å². The standard InChI is InChI=1S/C7H5ClF2INO/c8-6-4(2-13)3(7(9)10)1-5(11)12-6/h1,7,13H,2H2. The molecule has 2 nitrogen and oxygen atoms in total. The van der Waals surface area contributed by atoms with Gasteiger partial charge >= 0.3 is 0 Å². The largest absolute Gasteiger partial charge is 0.392 e. The molecule has 1 N–H and O–H groups in total. The van der Waals surface area contributed by atoms with Crippen LogP contribution in [-0.2, 0) is 6.61 Å². The number of nitrogens with zero attached hydrogens (tertiary/aromatic N) is 1. The topological polar surface area (TPSA) is 33.1 Å². The van der Waals surface area contributed by atoms with Gasteiger partial charge in [-0.1, -0.05) is 11.6 Å². The second-order valence-corrected chi connectivity index (χ2v) is 3.73. The van der Waals surface area contributed by atoms with Crippen LogP contribution in [-0.4, -0.2) is 10.1 Å². The molecule has 1 rings (SSSR count). The minimum Gasteiger partial charge on any atom is -0.392 e. The second-order valence-electron chi connectivity index (χ2n) is 2.26.